The summed E-state index contributed by atoms with van der Waals surface area (Å²) in [5.41, 5.74) is 0.364. The van der Waals surface area contributed by atoms with Gasteiger partial charge in [-0.1, -0.05) is 12.1 Å². The molecule has 4 heteroatoms. The molecule has 0 saturated heterocycles. The first-order chi connectivity index (χ1) is 7.27. The highest BCUT2D eigenvalue weighted by Gasteiger charge is 2.18. The standard InChI is InChI=1S/C11H6N2O2/c14-9-5-6-13-10(9)12-8-4-2-1-3-7(8)11(13)15/h1-6H. The molecule has 1 aromatic carbocycles. The average Bonchev–Trinajstić information content (AvgIpc) is 2.62. The van der Waals surface area contributed by atoms with Crippen LogP contribution in [0.4, 0.5) is 0 Å². The van der Waals surface area contributed by atoms with Gasteiger partial charge in [0.05, 0.1) is 10.9 Å². The molecule has 0 amide bonds. The van der Waals surface area contributed by atoms with Gasteiger partial charge in [0, 0.05) is 12.3 Å². The first kappa shape index (κ1) is 8.11. The molecule has 0 atom stereocenters. The minimum absolute atomic E-state index is 0.193. The van der Waals surface area contributed by atoms with Gasteiger partial charge in [-0.25, -0.2) is 4.98 Å². The van der Waals surface area contributed by atoms with Crippen LogP contribution in [0.1, 0.15) is 10.6 Å². The summed E-state index contributed by atoms with van der Waals surface area (Å²) in [6.07, 6.45) is 2.81. The second kappa shape index (κ2) is 2.63. The summed E-state index contributed by atoms with van der Waals surface area (Å²) >= 11 is 0. The Morgan fingerprint density at radius 3 is 2.80 bits per heavy atom. The Morgan fingerprint density at radius 2 is 1.93 bits per heavy atom. The normalized spacial score (nSPS) is 13.5. The van der Waals surface area contributed by atoms with E-state index in [0.29, 0.717) is 10.9 Å². The van der Waals surface area contributed by atoms with Crippen LogP contribution < -0.4 is 5.56 Å². The highest BCUT2D eigenvalue weighted by atomic mass is 16.1. The second-order valence-electron chi connectivity index (χ2n) is 3.31. The van der Waals surface area contributed by atoms with Gasteiger partial charge in [0.15, 0.2) is 5.82 Å². The van der Waals surface area contributed by atoms with Crippen molar-refractivity contribution in [1.82, 2.24) is 9.55 Å². The van der Waals surface area contributed by atoms with E-state index in [1.807, 2.05) is 0 Å². The molecule has 0 N–H and O–H groups in total. The second-order valence-corrected chi connectivity index (χ2v) is 3.31. The van der Waals surface area contributed by atoms with Gasteiger partial charge >= 0.3 is 0 Å². The van der Waals surface area contributed by atoms with E-state index < -0.39 is 0 Å². The number of hydrogen-bond acceptors (Lipinski definition) is 3. The zero-order chi connectivity index (χ0) is 10.4. The topological polar surface area (TPSA) is 52.0 Å². The Labute approximate surface area is 84.5 Å². The maximum atomic E-state index is 11.9. The highest BCUT2D eigenvalue weighted by molar-refractivity contribution is 6.07. The summed E-state index contributed by atoms with van der Waals surface area (Å²) in [7, 11) is 0. The molecule has 1 aliphatic heterocycles. The largest absolute Gasteiger partial charge is 0.286 e. The van der Waals surface area contributed by atoms with Crippen LogP contribution in [0.15, 0.2) is 35.1 Å². The summed E-state index contributed by atoms with van der Waals surface area (Å²) in [5.74, 6) is -0.0310. The van der Waals surface area contributed by atoms with Crippen molar-refractivity contribution in [3.05, 3.63) is 46.5 Å². The molecule has 0 spiro atoms. The van der Waals surface area contributed by atoms with Crippen molar-refractivity contribution in [3.8, 4) is 0 Å². The Morgan fingerprint density at radius 1 is 1.13 bits per heavy atom. The van der Waals surface area contributed by atoms with Crippen molar-refractivity contribution < 1.29 is 4.79 Å². The van der Waals surface area contributed by atoms with Gasteiger partial charge in [-0.2, -0.15) is 0 Å². The number of aromatic nitrogens is 2. The third kappa shape index (κ3) is 0.985. The predicted octanol–water partition coefficient (Wildman–Crippen LogP) is 1.06. The van der Waals surface area contributed by atoms with Gasteiger partial charge in [-0.3, -0.25) is 14.2 Å². The van der Waals surface area contributed by atoms with E-state index in [0.717, 1.165) is 0 Å². The van der Waals surface area contributed by atoms with E-state index in [1.165, 1.54) is 16.8 Å². The van der Waals surface area contributed by atoms with Crippen molar-refractivity contribution >= 4 is 22.9 Å². The smallest absolute Gasteiger partial charge is 0.265 e. The fourth-order valence-electron chi connectivity index (χ4n) is 1.67. The molecule has 4 nitrogen and oxygen atoms in total. The molecule has 72 valence electrons. The minimum Gasteiger partial charge on any atom is -0.286 e. The maximum Gasteiger partial charge on any atom is 0.265 e. The first-order valence-corrected chi connectivity index (χ1v) is 4.51. The molecular weight excluding hydrogens is 192 g/mol. The van der Waals surface area contributed by atoms with Gasteiger partial charge in [0.1, 0.15) is 0 Å². The third-order valence-electron chi connectivity index (χ3n) is 2.40. The predicted molar refractivity (Wildman–Crippen MR) is 55.7 cm³/mol. The number of carbonyl (C=O) groups excluding carboxylic acids is 1. The van der Waals surface area contributed by atoms with E-state index >= 15 is 0 Å². The Hall–Kier alpha value is -2.23. The summed E-state index contributed by atoms with van der Waals surface area (Å²) < 4.78 is 1.28. The van der Waals surface area contributed by atoms with Gasteiger partial charge < -0.3 is 0 Å². The molecule has 0 fully saturated rings. The zero-order valence-corrected chi connectivity index (χ0v) is 7.68. The number of para-hydroxylation sites is 1. The summed E-state index contributed by atoms with van der Waals surface area (Å²) in [6.45, 7) is 0. The molecule has 0 radical (unpaired) electrons. The fourth-order valence-corrected chi connectivity index (χ4v) is 1.67. The van der Waals surface area contributed by atoms with E-state index in [4.69, 9.17) is 0 Å². The number of allylic oxidation sites excluding steroid dienone is 1. The lowest BCUT2D eigenvalue weighted by molar-refractivity contribution is 0.104. The number of hydrogen-bond donors (Lipinski definition) is 0. The van der Waals surface area contributed by atoms with Crippen LogP contribution in [0.3, 0.4) is 0 Å². The molecule has 1 aromatic heterocycles. The molecule has 3 rings (SSSR count). The van der Waals surface area contributed by atoms with Gasteiger partial charge in [-0.05, 0) is 12.1 Å². The van der Waals surface area contributed by atoms with Crippen LogP contribution in [0.5, 0.6) is 0 Å². The molecule has 2 heterocycles. The molecular formula is C11H6N2O2. The van der Waals surface area contributed by atoms with Crippen LogP contribution in [0, 0.1) is 0 Å². The molecule has 0 saturated carbocycles. The lowest BCUT2D eigenvalue weighted by Gasteiger charge is -2.01. The molecule has 0 unspecified atom stereocenters. The summed E-state index contributed by atoms with van der Waals surface area (Å²) in [6, 6.07) is 7.00. The van der Waals surface area contributed by atoms with E-state index in [9.17, 15) is 9.59 Å². The van der Waals surface area contributed by atoms with Crippen molar-refractivity contribution in [2.45, 2.75) is 0 Å². The maximum absolute atomic E-state index is 11.9. The van der Waals surface area contributed by atoms with Gasteiger partial charge in [0.25, 0.3) is 5.56 Å². The minimum atomic E-state index is -0.224. The first-order valence-electron chi connectivity index (χ1n) is 4.51. The Balaban J connectivity index is 2.56. The number of rotatable bonds is 0. The quantitative estimate of drug-likeness (QED) is 0.636. The van der Waals surface area contributed by atoms with Crippen LogP contribution in [-0.4, -0.2) is 15.3 Å². The molecule has 0 bridgehead atoms. The van der Waals surface area contributed by atoms with Crippen molar-refractivity contribution in [3.63, 3.8) is 0 Å². The third-order valence-corrected chi connectivity index (χ3v) is 2.40. The average molecular weight is 198 g/mol. The van der Waals surface area contributed by atoms with Crippen molar-refractivity contribution in [2.24, 2.45) is 0 Å². The number of fused-ring (bicyclic) bond motifs is 2. The molecule has 15 heavy (non-hydrogen) atoms. The van der Waals surface area contributed by atoms with E-state index in [2.05, 4.69) is 4.98 Å². The summed E-state index contributed by atoms with van der Waals surface area (Å²) in [4.78, 5) is 27.4. The lowest BCUT2D eigenvalue weighted by Crippen LogP contribution is -2.20. The number of carbonyl (C=O) groups is 1. The fraction of sp³-hybridized carbons (Fsp3) is 0. The van der Waals surface area contributed by atoms with Crippen LogP contribution in [0.25, 0.3) is 17.1 Å². The lowest BCUT2D eigenvalue weighted by atomic mass is 10.2. The molecule has 2 aromatic rings. The van der Waals surface area contributed by atoms with Gasteiger partial charge in [-0.15, -0.1) is 0 Å². The summed E-state index contributed by atoms with van der Waals surface area (Å²) in [5, 5.41) is 0.528. The van der Waals surface area contributed by atoms with Gasteiger partial charge in [0.2, 0.25) is 5.78 Å². The highest BCUT2D eigenvalue weighted by Crippen LogP contribution is 2.12. The Kier molecular flexibility index (Phi) is 1.42. The number of benzene rings is 1. The molecule has 1 aliphatic rings. The van der Waals surface area contributed by atoms with E-state index in [-0.39, 0.29) is 17.2 Å². The van der Waals surface area contributed by atoms with Crippen LogP contribution in [-0.2, 0) is 0 Å². The number of ketones is 1. The SMILES string of the molecule is O=C1C=Cn2c1nc1ccccc1c2=O. The van der Waals surface area contributed by atoms with Crippen molar-refractivity contribution in [1.29, 1.82) is 0 Å². The molecule has 0 aliphatic carbocycles. The number of nitrogens with zero attached hydrogens (tertiary/aromatic N) is 2. The zero-order valence-electron chi connectivity index (χ0n) is 7.68. The van der Waals surface area contributed by atoms with Crippen LogP contribution >= 0.6 is 0 Å². The van der Waals surface area contributed by atoms with Crippen molar-refractivity contribution in [2.75, 3.05) is 0 Å². The van der Waals surface area contributed by atoms with Crippen LogP contribution in [0.2, 0.25) is 0 Å². The van der Waals surface area contributed by atoms with E-state index in [1.54, 1.807) is 24.3 Å². The monoisotopic (exact) mass is 198 g/mol. The Bertz CT molecular complexity index is 668.